The highest BCUT2D eigenvalue weighted by Crippen LogP contribution is 2.28. The third-order valence-electron chi connectivity index (χ3n) is 3.59. The number of benzene rings is 1. The summed E-state index contributed by atoms with van der Waals surface area (Å²) in [5.74, 6) is -0.384. The van der Waals surface area contributed by atoms with Gasteiger partial charge in [-0.05, 0) is 38.4 Å². The van der Waals surface area contributed by atoms with Crippen LogP contribution < -0.4 is 10.5 Å². The largest absolute Gasteiger partial charge is 0.491 e. The number of hydrogen-bond acceptors (Lipinski definition) is 5. The molecular formula is C14H19N3O4. The van der Waals surface area contributed by atoms with Gasteiger partial charge in [0.05, 0.1) is 10.5 Å². The molecule has 0 saturated carbocycles. The molecule has 114 valence electrons. The second kappa shape index (κ2) is 6.53. The lowest BCUT2D eigenvalue weighted by Crippen LogP contribution is -2.25. The summed E-state index contributed by atoms with van der Waals surface area (Å²) in [5.41, 5.74) is 5.73. The van der Waals surface area contributed by atoms with Crippen molar-refractivity contribution in [2.75, 3.05) is 26.2 Å². The Labute approximate surface area is 122 Å². The number of aryl methyl sites for hydroxylation is 1. The fourth-order valence-corrected chi connectivity index (χ4v) is 2.52. The van der Waals surface area contributed by atoms with Gasteiger partial charge in [0.1, 0.15) is 12.4 Å². The molecule has 1 fully saturated rings. The lowest BCUT2D eigenvalue weighted by molar-refractivity contribution is -0.384. The van der Waals surface area contributed by atoms with Crippen molar-refractivity contribution in [3.05, 3.63) is 33.4 Å². The van der Waals surface area contributed by atoms with Gasteiger partial charge in [-0.25, -0.2) is 0 Å². The number of amides is 1. The van der Waals surface area contributed by atoms with Crippen LogP contribution in [0.1, 0.15) is 28.8 Å². The van der Waals surface area contributed by atoms with E-state index in [9.17, 15) is 14.9 Å². The normalized spacial score (nSPS) is 15.1. The standard InChI is InChI=1S/C14H19N3O4/c1-10-8-11(17(19)20)9-12(14(15)18)13(10)21-7-6-16-4-2-3-5-16/h8-9H,2-7H2,1H3,(H2,15,18). The zero-order chi connectivity index (χ0) is 15.4. The van der Waals surface area contributed by atoms with E-state index in [-0.39, 0.29) is 11.3 Å². The van der Waals surface area contributed by atoms with Crippen LogP contribution in [0.25, 0.3) is 0 Å². The van der Waals surface area contributed by atoms with Gasteiger partial charge in [0.2, 0.25) is 0 Å². The van der Waals surface area contributed by atoms with Gasteiger partial charge in [-0.2, -0.15) is 0 Å². The molecule has 1 amide bonds. The molecule has 0 radical (unpaired) electrons. The summed E-state index contributed by atoms with van der Waals surface area (Å²) in [6.07, 6.45) is 2.40. The molecule has 21 heavy (non-hydrogen) atoms. The Balaban J connectivity index is 2.13. The fourth-order valence-electron chi connectivity index (χ4n) is 2.52. The van der Waals surface area contributed by atoms with Crippen LogP contribution in [0.3, 0.4) is 0 Å². The minimum Gasteiger partial charge on any atom is -0.491 e. The maximum Gasteiger partial charge on any atom is 0.270 e. The number of carbonyl (C=O) groups is 1. The zero-order valence-electron chi connectivity index (χ0n) is 12.0. The molecule has 2 N–H and O–H groups in total. The lowest BCUT2D eigenvalue weighted by Gasteiger charge is -2.17. The third-order valence-corrected chi connectivity index (χ3v) is 3.59. The van der Waals surface area contributed by atoms with Gasteiger partial charge >= 0.3 is 0 Å². The van der Waals surface area contributed by atoms with Gasteiger partial charge in [-0.15, -0.1) is 0 Å². The van der Waals surface area contributed by atoms with Crippen molar-refractivity contribution in [2.24, 2.45) is 5.73 Å². The number of ether oxygens (including phenoxy) is 1. The molecule has 2 rings (SSSR count). The van der Waals surface area contributed by atoms with Gasteiger partial charge in [-0.1, -0.05) is 0 Å². The Morgan fingerprint density at radius 3 is 2.67 bits per heavy atom. The number of non-ortho nitro benzene ring substituents is 1. The Morgan fingerprint density at radius 1 is 1.43 bits per heavy atom. The lowest BCUT2D eigenvalue weighted by atomic mass is 10.1. The first-order valence-corrected chi connectivity index (χ1v) is 6.93. The number of primary amides is 1. The maximum absolute atomic E-state index is 11.5. The smallest absolute Gasteiger partial charge is 0.270 e. The highest BCUT2D eigenvalue weighted by Gasteiger charge is 2.19. The molecule has 1 aliphatic rings. The SMILES string of the molecule is Cc1cc([N+](=O)[O-])cc(C(N)=O)c1OCCN1CCCC1. The molecule has 1 aromatic rings. The van der Waals surface area contributed by atoms with E-state index in [1.807, 2.05) is 0 Å². The Bertz CT molecular complexity index is 553. The predicted octanol–water partition coefficient (Wildman–Crippen LogP) is 1.48. The molecule has 0 bridgehead atoms. The average molecular weight is 293 g/mol. The Morgan fingerprint density at radius 2 is 2.10 bits per heavy atom. The first-order valence-electron chi connectivity index (χ1n) is 6.93. The van der Waals surface area contributed by atoms with E-state index in [1.165, 1.54) is 25.0 Å². The molecule has 0 spiro atoms. The summed E-state index contributed by atoms with van der Waals surface area (Å²) in [4.78, 5) is 24.0. The number of rotatable bonds is 6. The summed E-state index contributed by atoms with van der Waals surface area (Å²) in [6, 6.07) is 2.55. The molecule has 7 heteroatoms. The van der Waals surface area contributed by atoms with Gasteiger partial charge in [0.15, 0.2) is 0 Å². The van der Waals surface area contributed by atoms with E-state index < -0.39 is 10.8 Å². The number of nitrogens with two attached hydrogens (primary N) is 1. The number of nitro groups is 1. The number of hydrogen-bond donors (Lipinski definition) is 1. The molecular weight excluding hydrogens is 274 g/mol. The Hall–Kier alpha value is -2.15. The molecule has 0 aromatic heterocycles. The van der Waals surface area contributed by atoms with Crippen LogP contribution in [0.2, 0.25) is 0 Å². The van der Waals surface area contributed by atoms with Crippen molar-refractivity contribution in [2.45, 2.75) is 19.8 Å². The van der Waals surface area contributed by atoms with E-state index in [2.05, 4.69) is 4.90 Å². The second-order valence-electron chi connectivity index (χ2n) is 5.16. The molecule has 7 nitrogen and oxygen atoms in total. The van der Waals surface area contributed by atoms with Crippen LogP contribution in [0.15, 0.2) is 12.1 Å². The van der Waals surface area contributed by atoms with E-state index in [0.717, 1.165) is 19.6 Å². The molecule has 1 aliphatic heterocycles. The number of nitro benzene ring substituents is 1. The highest BCUT2D eigenvalue weighted by molar-refractivity contribution is 5.96. The molecule has 0 unspecified atom stereocenters. The van der Waals surface area contributed by atoms with Gasteiger partial charge in [-0.3, -0.25) is 19.8 Å². The summed E-state index contributed by atoms with van der Waals surface area (Å²) < 4.78 is 5.66. The molecule has 1 heterocycles. The average Bonchev–Trinajstić information content (AvgIpc) is 2.92. The number of carbonyl (C=O) groups excluding carboxylic acids is 1. The van der Waals surface area contributed by atoms with Gasteiger partial charge < -0.3 is 10.5 Å². The molecule has 1 aromatic carbocycles. The summed E-state index contributed by atoms with van der Waals surface area (Å²) in [7, 11) is 0. The fraction of sp³-hybridized carbons (Fsp3) is 0.500. The van der Waals surface area contributed by atoms with Crippen LogP contribution in [-0.4, -0.2) is 42.0 Å². The van der Waals surface area contributed by atoms with Crippen molar-refractivity contribution in [1.29, 1.82) is 0 Å². The summed E-state index contributed by atoms with van der Waals surface area (Å²) >= 11 is 0. The van der Waals surface area contributed by atoms with Crippen LogP contribution in [0, 0.1) is 17.0 Å². The maximum atomic E-state index is 11.5. The van der Waals surface area contributed by atoms with Gasteiger partial charge in [0, 0.05) is 18.7 Å². The van der Waals surface area contributed by atoms with E-state index in [0.29, 0.717) is 17.9 Å². The highest BCUT2D eigenvalue weighted by atomic mass is 16.6. The topological polar surface area (TPSA) is 98.7 Å². The summed E-state index contributed by atoms with van der Waals surface area (Å²) in [5, 5.41) is 10.8. The Kier molecular flexibility index (Phi) is 4.74. The van der Waals surface area contributed by atoms with Crippen LogP contribution in [0.4, 0.5) is 5.69 Å². The number of likely N-dealkylation sites (tertiary alicyclic amines) is 1. The molecule has 0 aliphatic carbocycles. The van der Waals surface area contributed by atoms with Crippen LogP contribution >= 0.6 is 0 Å². The van der Waals surface area contributed by atoms with E-state index in [1.54, 1.807) is 6.92 Å². The monoisotopic (exact) mass is 293 g/mol. The van der Waals surface area contributed by atoms with E-state index in [4.69, 9.17) is 10.5 Å². The predicted molar refractivity (Wildman–Crippen MR) is 77.5 cm³/mol. The van der Waals surface area contributed by atoms with Crippen molar-refractivity contribution in [1.82, 2.24) is 4.90 Å². The molecule has 0 atom stereocenters. The van der Waals surface area contributed by atoms with Crippen LogP contribution in [0.5, 0.6) is 5.75 Å². The quantitative estimate of drug-likeness (QED) is 0.632. The van der Waals surface area contributed by atoms with Gasteiger partial charge in [0.25, 0.3) is 11.6 Å². The first kappa shape index (κ1) is 15.2. The van der Waals surface area contributed by atoms with E-state index >= 15 is 0 Å². The van der Waals surface area contributed by atoms with Crippen molar-refractivity contribution in [3.63, 3.8) is 0 Å². The minimum absolute atomic E-state index is 0.0584. The summed E-state index contributed by atoms with van der Waals surface area (Å²) in [6.45, 7) is 4.99. The first-order chi connectivity index (χ1) is 9.99. The zero-order valence-corrected chi connectivity index (χ0v) is 12.0. The van der Waals surface area contributed by atoms with Crippen molar-refractivity contribution < 1.29 is 14.5 Å². The van der Waals surface area contributed by atoms with Crippen molar-refractivity contribution >= 4 is 11.6 Å². The minimum atomic E-state index is -0.724. The van der Waals surface area contributed by atoms with Crippen molar-refractivity contribution in [3.8, 4) is 5.75 Å². The second-order valence-corrected chi connectivity index (χ2v) is 5.16. The number of nitrogens with zero attached hydrogens (tertiary/aromatic N) is 2. The third kappa shape index (κ3) is 3.69. The van der Waals surface area contributed by atoms with Crippen LogP contribution in [-0.2, 0) is 0 Å². The molecule has 1 saturated heterocycles.